The molecule has 1 saturated heterocycles. The Morgan fingerprint density at radius 1 is 1.00 bits per heavy atom. The summed E-state index contributed by atoms with van der Waals surface area (Å²) in [5.74, 6) is 0. The van der Waals surface area contributed by atoms with E-state index in [0.29, 0.717) is 13.1 Å². The summed E-state index contributed by atoms with van der Waals surface area (Å²) < 4.78 is 11.1. The van der Waals surface area contributed by atoms with Gasteiger partial charge >= 0.3 is 12.2 Å². The first-order chi connectivity index (χ1) is 16.3. The highest BCUT2D eigenvalue weighted by molar-refractivity contribution is 5.70. The molecule has 0 bridgehead atoms. The molecule has 182 valence electrons. The number of benzene rings is 2. The van der Waals surface area contributed by atoms with E-state index in [-0.39, 0.29) is 24.8 Å². The second-order valence-electron chi connectivity index (χ2n) is 10.1. The van der Waals surface area contributed by atoms with Gasteiger partial charge in [-0.05, 0) is 50.3 Å². The highest BCUT2D eigenvalue weighted by atomic mass is 16.6. The maximum Gasteiger partial charge on any atom is 0.410 e. The molecule has 2 heterocycles. The van der Waals surface area contributed by atoms with Gasteiger partial charge in [-0.1, -0.05) is 54.6 Å². The molecule has 2 atom stereocenters. The van der Waals surface area contributed by atoms with Crippen molar-refractivity contribution >= 4 is 12.2 Å². The number of rotatable bonds is 4. The van der Waals surface area contributed by atoms with Crippen molar-refractivity contribution in [2.24, 2.45) is 0 Å². The summed E-state index contributed by atoms with van der Waals surface area (Å²) in [5.41, 5.74) is 3.07. The molecule has 0 radical (unpaired) electrons. The van der Waals surface area contributed by atoms with Crippen LogP contribution in [0.15, 0.2) is 54.6 Å². The zero-order valence-electron chi connectivity index (χ0n) is 20.3. The summed E-state index contributed by atoms with van der Waals surface area (Å²) >= 11 is 0. The van der Waals surface area contributed by atoms with Crippen LogP contribution >= 0.6 is 0 Å². The van der Waals surface area contributed by atoms with E-state index in [2.05, 4.69) is 34.5 Å². The minimum atomic E-state index is -0.591. The molecule has 0 saturated carbocycles. The molecule has 1 N–H and O–H groups in total. The number of fused-ring (bicyclic) bond motifs is 1. The zero-order chi connectivity index (χ0) is 24.1. The fourth-order valence-corrected chi connectivity index (χ4v) is 4.75. The maximum atomic E-state index is 12.8. The van der Waals surface area contributed by atoms with E-state index in [1.54, 1.807) is 4.90 Å². The lowest BCUT2D eigenvalue weighted by Crippen LogP contribution is -2.62. The highest BCUT2D eigenvalue weighted by Crippen LogP contribution is 2.26. The average molecular weight is 466 g/mol. The van der Waals surface area contributed by atoms with E-state index in [1.807, 2.05) is 51.1 Å². The summed E-state index contributed by atoms with van der Waals surface area (Å²) in [5, 5.41) is 3.05. The molecule has 1 fully saturated rings. The Balaban J connectivity index is 1.44. The molecule has 34 heavy (non-hydrogen) atoms. The molecular formula is C27H35N3O4. The van der Waals surface area contributed by atoms with Crippen molar-refractivity contribution in [3.05, 3.63) is 71.3 Å². The number of likely N-dealkylation sites (tertiary alicyclic amines) is 1. The monoisotopic (exact) mass is 465 g/mol. The van der Waals surface area contributed by atoms with Gasteiger partial charge in [0.25, 0.3) is 0 Å². The van der Waals surface area contributed by atoms with Crippen molar-refractivity contribution < 1.29 is 19.1 Å². The number of ether oxygens (including phenoxy) is 2. The van der Waals surface area contributed by atoms with Crippen molar-refractivity contribution in [3.63, 3.8) is 0 Å². The number of nitrogens with one attached hydrogen (secondary N) is 1. The number of amides is 2. The minimum absolute atomic E-state index is 0.110. The van der Waals surface area contributed by atoms with Crippen molar-refractivity contribution in [3.8, 4) is 0 Å². The Morgan fingerprint density at radius 2 is 1.71 bits per heavy atom. The van der Waals surface area contributed by atoms with Crippen LogP contribution in [0.3, 0.4) is 0 Å². The smallest absolute Gasteiger partial charge is 0.410 e. The van der Waals surface area contributed by atoms with E-state index in [4.69, 9.17) is 9.47 Å². The quantitative estimate of drug-likeness (QED) is 0.727. The Morgan fingerprint density at radius 3 is 2.44 bits per heavy atom. The molecule has 2 aliphatic heterocycles. The second kappa shape index (κ2) is 10.5. The van der Waals surface area contributed by atoms with E-state index < -0.39 is 11.7 Å². The third kappa shape index (κ3) is 6.29. The van der Waals surface area contributed by atoms with Crippen LogP contribution in [0.2, 0.25) is 0 Å². The number of alkyl carbamates (subject to hydrolysis) is 1. The van der Waals surface area contributed by atoms with Gasteiger partial charge in [0.15, 0.2) is 0 Å². The molecule has 2 aromatic rings. The first kappa shape index (κ1) is 24.1. The lowest BCUT2D eigenvalue weighted by atomic mass is 9.93. The number of carbonyl (C=O) groups excluding carboxylic acids is 2. The van der Waals surface area contributed by atoms with Gasteiger partial charge in [-0.15, -0.1) is 0 Å². The van der Waals surface area contributed by atoms with Crippen LogP contribution in [0, 0.1) is 0 Å². The standard InChI is InChI=1S/C27H35N3O4/c1-27(2,3)34-25(31)28-23-18-30(26(32)33-19-20-9-5-4-6-10-20)16-14-24(23)29-15-13-21-11-7-8-12-22(21)17-29/h4-12,23-24H,13-19H2,1-3H3,(H,28,31). The number of hydrogen-bond acceptors (Lipinski definition) is 5. The molecule has 0 aromatic heterocycles. The number of carbonyl (C=O) groups is 2. The molecule has 2 amide bonds. The maximum absolute atomic E-state index is 12.8. The zero-order valence-corrected chi connectivity index (χ0v) is 20.3. The highest BCUT2D eigenvalue weighted by Gasteiger charge is 2.38. The van der Waals surface area contributed by atoms with Gasteiger partial charge in [0.2, 0.25) is 0 Å². The van der Waals surface area contributed by atoms with Gasteiger partial charge in [0, 0.05) is 32.2 Å². The normalized spacial score (nSPS) is 20.9. The number of piperidine rings is 1. The molecule has 7 heteroatoms. The summed E-state index contributed by atoms with van der Waals surface area (Å²) in [6, 6.07) is 18.0. The third-order valence-electron chi connectivity index (χ3n) is 6.37. The fourth-order valence-electron chi connectivity index (χ4n) is 4.75. The molecular weight excluding hydrogens is 430 g/mol. The molecule has 2 aliphatic rings. The molecule has 0 spiro atoms. The van der Waals surface area contributed by atoms with Crippen LogP contribution in [0.4, 0.5) is 9.59 Å². The third-order valence-corrected chi connectivity index (χ3v) is 6.37. The molecule has 2 aromatic carbocycles. The van der Waals surface area contributed by atoms with Gasteiger partial charge in [-0.2, -0.15) is 0 Å². The largest absolute Gasteiger partial charge is 0.445 e. The average Bonchev–Trinajstić information content (AvgIpc) is 2.81. The van der Waals surface area contributed by atoms with Gasteiger partial charge in [-0.25, -0.2) is 9.59 Å². The Labute approximate surface area is 202 Å². The topological polar surface area (TPSA) is 71.1 Å². The van der Waals surface area contributed by atoms with Crippen molar-refractivity contribution in [2.45, 2.75) is 64.4 Å². The van der Waals surface area contributed by atoms with Crippen LogP contribution in [-0.4, -0.2) is 59.3 Å². The van der Waals surface area contributed by atoms with Crippen LogP contribution in [0.1, 0.15) is 43.9 Å². The summed E-state index contributed by atoms with van der Waals surface area (Å²) in [4.78, 5) is 29.6. The van der Waals surface area contributed by atoms with E-state index in [1.165, 1.54) is 11.1 Å². The van der Waals surface area contributed by atoms with Crippen LogP contribution in [-0.2, 0) is 29.0 Å². The van der Waals surface area contributed by atoms with Crippen LogP contribution < -0.4 is 5.32 Å². The van der Waals surface area contributed by atoms with E-state index in [0.717, 1.165) is 31.5 Å². The van der Waals surface area contributed by atoms with Gasteiger partial charge in [0.1, 0.15) is 12.2 Å². The predicted molar refractivity (Wildman–Crippen MR) is 130 cm³/mol. The Hall–Kier alpha value is -3.06. The molecule has 4 rings (SSSR count). The Bertz CT molecular complexity index is 989. The first-order valence-corrected chi connectivity index (χ1v) is 12.0. The number of hydrogen-bond donors (Lipinski definition) is 1. The molecule has 0 aliphatic carbocycles. The van der Waals surface area contributed by atoms with Crippen molar-refractivity contribution in [1.29, 1.82) is 0 Å². The number of nitrogens with zero attached hydrogens (tertiary/aromatic N) is 2. The minimum Gasteiger partial charge on any atom is -0.445 e. The van der Waals surface area contributed by atoms with Gasteiger partial charge in [-0.3, -0.25) is 4.90 Å². The van der Waals surface area contributed by atoms with Crippen molar-refractivity contribution in [2.75, 3.05) is 19.6 Å². The van der Waals surface area contributed by atoms with Crippen molar-refractivity contribution in [1.82, 2.24) is 15.1 Å². The molecule has 7 nitrogen and oxygen atoms in total. The molecule has 2 unspecified atom stereocenters. The van der Waals surface area contributed by atoms with Gasteiger partial charge < -0.3 is 19.7 Å². The summed E-state index contributed by atoms with van der Waals surface area (Å²) in [7, 11) is 0. The predicted octanol–water partition coefficient (Wildman–Crippen LogP) is 4.35. The summed E-state index contributed by atoms with van der Waals surface area (Å²) in [6.45, 7) is 8.50. The fraction of sp³-hybridized carbons (Fsp3) is 0.481. The van der Waals surface area contributed by atoms with Crippen LogP contribution in [0.25, 0.3) is 0 Å². The van der Waals surface area contributed by atoms with Gasteiger partial charge in [0.05, 0.1) is 6.04 Å². The van der Waals surface area contributed by atoms with E-state index >= 15 is 0 Å². The lowest BCUT2D eigenvalue weighted by molar-refractivity contribution is 0.0267. The van der Waals surface area contributed by atoms with E-state index in [9.17, 15) is 9.59 Å². The summed E-state index contributed by atoms with van der Waals surface area (Å²) in [6.07, 6.45) is 0.916. The first-order valence-electron chi connectivity index (χ1n) is 12.0. The Kier molecular flexibility index (Phi) is 7.41. The SMILES string of the molecule is CC(C)(C)OC(=O)NC1CN(C(=O)OCc2ccccc2)CCC1N1CCc2ccccc2C1. The second-order valence-corrected chi connectivity index (χ2v) is 10.1. The lowest BCUT2D eigenvalue weighted by Gasteiger charge is -2.45. The van der Waals surface area contributed by atoms with Crippen LogP contribution in [0.5, 0.6) is 0 Å².